The van der Waals surface area contributed by atoms with Crippen molar-refractivity contribution in [3.8, 4) is 5.88 Å². The molecule has 0 aliphatic carbocycles. The second-order valence-electron chi connectivity index (χ2n) is 3.82. The normalized spacial score (nSPS) is 10.8. The molecule has 0 atom stereocenters. The third-order valence-corrected chi connectivity index (χ3v) is 3.56. The highest BCUT2D eigenvalue weighted by molar-refractivity contribution is 7.16. The highest BCUT2D eigenvalue weighted by Crippen LogP contribution is 2.28. The Morgan fingerprint density at radius 2 is 2.05 bits per heavy atom. The molecule has 0 saturated heterocycles. The number of halogens is 2. The van der Waals surface area contributed by atoms with Gasteiger partial charge in [-0.05, 0) is 29.1 Å². The molecule has 0 aliphatic rings. The minimum Gasteiger partial charge on any atom is -0.472 e. The molecule has 0 amide bonds. The van der Waals surface area contributed by atoms with Crippen LogP contribution in [-0.2, 0) is 6.61 Å². The van der Waals surface area contributed by atoms with Gasteiger partial charge in [0.05, 0.1) is 5.39 Å². The van der Waals surface area contributed by atoms with Crippen LogP contribution in [0.15, 0.2) is 35.7 Å². The van der Waals surface area contributed by atoms with E-state index in [-0.39, 0.29) is 17.7 Å². The summed E-state index contributed by atoms with van der Waals surface area (Å²) in [5, 5.41) is 2.79. The minimum atomic E-state index is -0.302. The Hall–Kier alpha value is -1.72. The molecule has 3 nitrogen and oxygen atoms in total. The van der Waals surface area contributed by atoms with Gasteiger partial charge in [-0.1, -0.05) is 18.2 Å². The number of nitrogens with zero attached hydrogens (tertiary/aromatic N) is 2. The molecule has 0 unspecified atom stereocenters. The van der Waals surface area contributed by atoms with Crippen molar-refractivity contribution in [2.75, 3.05) is 0 Å². The fourth-order valence-corrected chi connectivity index (χ4v) is 2.64. The minimum absolute atomic E-state index is 0.102. The first-order chi connectivity index (χ1) is 9.24. The topological polar surface area (TPSA) is 35.0 Å². The lowest BCUT2D eigenvalue weighted by atomic mass is 10.2. The van der Waals surface area contributed by atoms with E-state index in [1.807, 2.05) is 11.4 Å². The third kappa shape index (κ3) is 2.52. The largest absolute Gasteiger partial charge is 0.472 e. The molecule has 0 aliphatic heterocycles. The van der Waals surface area contributed by atoms with Gasteiger partial charge in [0.2, 0.25) is 11.2 Å². The molecule has 96 valence electrons. The van der Waals surface area contributed by atoms with Crippen LogP contribution in [0.25, 0.3) is 10.2 Å². The van der Waals surface area contributed by atoms with Crippen molar-refractivity contribution in [1.29, 1.82) is 0 Å². The van der Waals surface area contributed by atoms with Gasteiger partial charge in [0.1, 0.15) is 17.3 Å². The van der Waals surface area contributed by atoms with Gasteiger partial charge in [-0.15, -0.1) is 11.3 Å². The van der Waals surface area contributed by atoms with Crippen LogP contribution in [0.3, 0.4) is 0 Å². The first kappa shape index (κ1) is 12.3. The highest BCUT2D eigenvalue weighted by atomic mass is 35.5. The van der Waals surface area contributed by atoms with E-state index in [1.165, 1.54) is 17.4 Å². The maximum Gasteiger partial charge on any atom is 0.227 e. The molecule has 0 bridgehead atoms. The summed E-state index contributed by atoms with van der Waals surface area (Å²) >= 11 is 7.27. The number of hydrogen-bond acceptors (Lipinski definition) is 4. The molecule has 19 heavy (non-hydrogen) atoms. The van der Waals surface area contributed by atoms with Gasteiger partial charge in [-0.25, -0.2) is 9.37 Å². The number of rotatable bonds is 3. The molecule has 0 spiro atoms. The summed E-state index contributed by atoms with van der Waals surface area (Å²) in [5.74, 6) is 0.0729. The van der Waals surface area contributed by atoms with Gasteiger partial charge in [0.15, 0.2) is 0 Å². The lowest BCUT2D eigenvalue weighted by Crippen LogP contribution is -2.00. The zero-order valence-corrected chi connectivity index (χ0v) is 11.2. The zero-order chi connectivity index (χ0) is 13.2. The van der Waals surface area contributed by atoms with Gasteiger partial charge in [-0.3, -0.25) is 0 Å². The van der Waals surface area contributed by atoms with Crippen molar-refractivity contribution < 1.29 is 9.13 Å². The molecule has 0 fully saturated rings. The van der Waals surface area contributed by atoms with Crippen LogP contribution in [-0.4, -0.2) is 9.97 Å². The van der Waals surface area contributed by atoms with E-state index < -0.39 is 0 Å². The van der Waals surface area contributed by atoms with E-state index in [0.717, 1.165) is 10.2 Å². The molecule has 0 radical (unpaired) electrons. The third-order valence-electron chi connectivity index (χ3n) is 2.59. The van der Waals surface area contributed by atoms with Crippen molar-refractivity contribution in [1.82, 2.24) is 9.97 Å². The summed E-state index contributed by atoms with van der Waals surface area (Å²) in [6.07, 6.45) is 0. The summed E-state index contributed by atoms with van der Waals surface area (Å²) in [4.78, 5) is 8.88. The molecule has 0 saturated carbocycles. The number of aromatic nitrogens is 2. The SMILES string of the molecule is Fc1ccccc1COc1nc(Cl)nc2sccc12. The van der Waals surface area contributed by atoms with E-state index in [4.69, 9.17) is 16.3 Å². The Labute approximate surface area is 117 Å². The van der Waals surface area contributed by atoms with E-state index >= 15 is 0 Å². The smallest absolute Gasteiger partial charge is 0.227 e. The van der Waals surface area contributed by atoms with Crippen molar-refractivity contribution >= 4 is 33.2 Å². The Morgan fingerprint density at radius 3 is 2.89 bits per heavy atom. The van der Waals surface area contributed by atoms with E-state index in [1.54, 1.807) is 18.2 Å². The predicted octanol–water partition coefficient (Wildman–Crippen LogP) is 4.06. The maximum atomic E-state index is 13.5. The summed E-state index contributed by atoms with van der Waals surface area (Å²) < 4.78 is 19.0. The molecule has 3 rings (SSSR count). The molecule has 6 heteroatoms. The molecule has 2 heterocycles. The van der Waals surface area contributed by atoms with Crippen LogP contribution < -0.4 is 4.74 Å². The number of ether oxygens (including phenoxy) is 1. The first-order valence-corrected chi connectivity index (χ1v) is 6.77. The second kappa shape index (κ2) is 5.11. The second-order valence-corrected chi connectivity index (χ2v) is 5.05. The van der Waals surface area contributed by atoms with E-state index in [2.05, 4.69) is 9.97 Å². The number of thiophene rings is 1. The summed E-state index contributed by atoms with van der Waals surface area (Å²) in [5.41, 5.74) is 0.473. The number of benzene rings is 1. The van der Waals surface area contributed by atoms with Crippen molar-refractivity contribution in [2.24, 2.45) is 0 Å². The number of hydrogen-bond donors (Lipinski definition) is 0. The van der Waals surface area contributed by atoms with Crippen LogP contribution >= 0.6 is 22.9 Å². The Morgan fingerprint density at radius 1 is 1.21 bits per heavy atom. The van der Waals surface area contributed by atoms with Gasteiger partial charge >= 0.3 is 0 Å². The average molecular weight is 295 g/mol. The quantitative estimate of drug-likeness (QED) is 0.683. The van der Waals surface area contributed by atoms with Gasteiger partial charge in [-0.2, -0.15) is 4.98 Å². The van der Waals surface area contributed by atoms with Crippen LogP contribution in [0.4, 0.5) is 4.39 Å². The summed E-state index contributed by atoms with van der Waals surface area (Å²) in [7, 11) is 0. The molecular weight excluding hydrogens is 287 g/mol. The fourth-order valence-electron chi connectivity index (χ4n) is 1.68. The van der Waals surface area contributed by atoms with E-state index in [9.17, 15) is 4.39 Å². The number of fused-ring (bicyclic) bond motifs is 1. The Kier molecular flexibility index (Phi) is 3.31. The van der Waals surface area contributed by atoms with Crippen molar-refractivity contribution in [3.05, 3.63) is 52.4 Å². The monoisotopic (exact) mass is 294 g/mol. The van der Waals surface area contributed by atoms with Crippen molar-refractivity contribution in [2.45, 2.75) is 6.61 Å². The summed E-state index contributed by atoms with van der Waals surface area (Å²) in [6.45, 7) is 0.102. The maximum absolute atomic E-state index is 13.5. The Balaban J connectivity index is 1.90. The lowest BCUT2D eigenvalue weighted by Gasteiger charge is -2.07. The van der Waals surface area contributed by atoms with Gasteiger partial charge in [0.25, 0.3) is 0 Å². The molecule has 1 aromatic carbocycles. The standard InChI is InChI=1S/C13H8ClFN2OS/c14-13-16-11(9-5-6-19-12(9)17-13)18-7-8-3-1-2-4-10(8)15/h1-6H,7H2. The Bertz CT molecular complexity index is 731. The van der Waals surface area contributed by atoms with Crippen LogP contribution in [0, 0.1) is 5.82 Å². The van der Waals surface area contributed by atoms with Crippen LogP contribution in [0.5, 0.6) is 5.88 Å². The first-order valence-electron chi connectivity index (χ1n) is 5.51. The predicted molar refractivity (Wildman–Crippen MR) is 73.2 cm³/mol. The van der Waals surface area contributed by atoms with E-state index in [0.29, 0.717) is 11.4 Å². The highest BCUT2D eigenvalue weighted by Gasteiger charge is 2.10. The fraction of sp³-hybridized carbons (Fsp3) is 0.0769. The molecular formula is C13H8ClFN2OS. The zero-order valence-electron chi connectivity index (χ0n) is 9.64. The van der Waals surface area contributed by atoms with Crippen molar-refractivity contribution in [3.63, 3.8) is 0 Å². The van der Waals surface area contributed by atoms with Gasteiger partial charge < -0.3 is 4.74 Å². The lowest BCUT2D eigenvalue weighted by molar-refractivity contribution is 0.292. The van der Waals surface area contributed by atoms with Gasteiger partial charge in [0, 0.05) is 5.56 Å². The van der Waals surface area contributed by atoms with Crippen LogP contribution in [0.2, 0.25) is 5.28 Å². The molecule has 0 N–H and O–H groups in total. The summed E-state index contributed by atoms with van der Waals surface area (Å²) in [6, 6.07) is 8.31. The molecule has 2 aromatic heterocycles. The average Bonchev–Trinajstić information content (AvgIpc) is 2.85. The molecule has 3 aromatic rings. The van der Waals surface area contributed by atoms with Crippen LogP contribution in [0.1, 0.15) is 5.56 Å².